The summed E-state index contributed by atoms with van der Waals surface area (Å²) in [6.07, 6.45) is 7.90. The lowest BCUT2D eigenvalue weighted by Gasteiger charge is -2.42. The number of aromatic nitrogens is 1. The van der Waals surface area contributed by atoms with Crippen LogP contribution >= 0.6 is 11.6 Å². The first-order valence-corrected chi connectivity index (χ1v) is 13.7. The van der Waals surface area contributed by atoms with Gasteiger partial charge in [0, 0.05) is 54.6 Å². The Balaban J connectivity index is 1.13. The van der Waals surface area contributed by atoms with E-state index in [2.05, 4.69) is 39.4 Å². The van der Waals surface area contributed by atoms with E-state index in [4.69, 9.17) is 21.3 Å². The summed E-state index contributed by atoms with van der Waals surface area (Å²) in [6, 6.07) is 8.76. The number of rotatable bonds is 5. The molecule has 2 aromatic rings. The number of benzene rings is 1. The summed E-state index contributed by atoms with van der Waals surface area (Å²) < 4.78 is 20.3. The minimum absolute atomic E-state index is 0.0294. The Morgan fingerprint density at radius 2 is 2.03 bits per heavy atom. The number of piperazine rings is 1. The number of hydrogen-bond donors (Lipinski definition) is 3. The summed E-state index contributed by atoms with van der Waals surface area (Å²) in [5.41, 5.74) is 14.3. The van der Waals surface area contributed by atoms with Crippen LogP contribution in [0.15, 0.2) is 65.8 Å². The van der Waals surface area contributed by atoms with Crippen molar-refractivity contribution in [2.75, 3.05) is 31.1 Å². The molecule has 3 fully saturated rings. The monoisotopic (exact) mass is 549 g/mol. The van der Waals surface area contributed by atoms with Gasteiger partial charge < -0.3 is 14.5 Å². The maximum absolute atomic E-state index is 14.4. The zero-order valence-corrected chi connectivity index (χ0v) is 22.2. The number of nitrogens with one attached hydrogen (secondary N) is 3. The Kier molecular flexibility index (Phi) is 6.07. The molecule has 1 amide bonds. The number of hydrazine groups is 2. The Morgan fingerprint density at radius 3 is 2.74 bits per heavy atom. The average Bonchev–Trinajstić information content (AvgIpc) is 3.59. The van der Waals surface area contributed by atoms with E-state index in [-0.39, 0.29) is 34.7 Å². The van der Waals surface area contributed by atoms with Gasteiger partial charge in [0.1, 0.15) is 23.6 Å². The van der Waals surface area contributed by atoms with Gasteiger partial charge in [0.05, 0.1) is 29.1 Å². The summed E-state index contributed by atoms with van der Waals surface area (Å²) in [5, 5.41) is 2.18. The second-order valence-corrected chi connectivity index (χ2v) is 10.7. The van der Waals surface area contributed by atoms with Gasteiger partial charge in [-0.1, -0.05) is 17.7 Å². The number of fused-ring (bicyclic) bond motifs is 4. The largest absolute Gasteiger partial charge is 0.492 e. The number of ether oxygens (including phenoxy) is 1. The van der Waals surface area contributed by atoms with Crippen LogP contribution in [-0.4, -0.2) is 65.3 Å². The molecule has 6 heterocycles. The molecule has 202 valence electrons. The number of pyridine rings is 1. The summed E-state index contributed by atoms with van der Waals surface area (Å²) in [4.78, 5) is 22.1. The molecule has 7 rings (SSSR count). The van der Waals surface area contributed by atoms with Crippen LogP contribution in [0.1, 0.15) is 35.7 Å². The normalized spacial score (nSPS) is 25.5. The second-order valence-electron chi connectivity index (χ2n) is 10.3. The number of halogens is 2. The van der Waals surface area contributed by atoms with E-state index in [0.717, 1.165) is 47.8 Å². The molecule has 9 nitrogen and oxygen atoms in total. The van der Waals surface area contributed by atoms with Gasteiger partial charge >= 0.3 is 0 Å². The number of allylic oxidation sites excluding steroid dienone is 2. The van der Waals surface area contributed by atoms with E-state index >= 15 is 0 Å². The number of carbonyl (C=O) groups is 1. The van der Waals surface area contributed by atoms with Crippen LogP contribution in [0, 0.1) is 5.82 Å². The highest BCUT2D eigenvalue weighted by Crippen LogP contribution is 2.39. The highest BCUT2D eigenvalue weighted by Gasteiger charge is 2.43. The molecule has 0 saturated carbocycles. The Morgan fingerprint density at radius 1 is 1.21 bits per heavy atom. The maximum Gasteiger partial charge on any atom is 0.258 e. The van der Waals surface area contributed by atoms with Crippen LogP contribution in [0.25, 0.3) is 5.57 Å². The standard InChI is InChI=1S/C28H29ClFN7O2/c1-2-39-19-10-20(26-21-12-32-33-27(21)34-36(26)15-19)16-6-9-24(31-11-16)37-17-7-8-18(37)14-35(13-17)28(38)25-22(29)4-3-5-23(25)30/h3-6,9-11,15,17-18,27,32-34H,2,7-8,12-14H2,1H3. The molecule has 1 aromatic carbocycles. The van der Waals surface area contributed by atoms with Gasteiger partial charge in [-0.25, -0.2) is 20.2 Å². The lowest BCUT2D eigenvalue weighted by molar-refractivity contribution is 0.0713. The van der Waals surface area contributed by atoms with Crippen molar-refractivity contribution in [3.05, 3.63) is 87.8 Å². The van der Waals surface area contributed by atoms with Gasteiger partial charge in [-0.3, -0.25) is 15.2 Å². The number of amides is 1. The molecule has 5 aliphatic rings. The molecule has 3 N–H and O–H groups in total. The van der Waals surface area contributed by atoms with E-state index < -0.39 is 5.82 Å². The predicted octanol–water partition coefficient (Wildman–Crippen LogP) is 3.15. The van der Waals surface area contributed by atoms with Gasteiger partial charge in [0.15, 0.2) is 0 Å². The maximum atomic E-state index is 14.4. The number of nitrogens with zero attached hydrogens (tertiary/aromatic N) is 4. The zero-order chi connectivity index (χ0) is 26.7. The van der Waals surface area contributed by atoms with Crippen molar-refractivity contribution in [3.63, 3.8) is 0 Å². The number of carbonyl (C=O) groups excluding carboxylic acids is 1. The third kappa shape index (κ3) is 4.10. The summed E-state index contributed by atoms with van der Waals surface area (Å²) in [5.74, 6) is 0.746. The summed E-state index contributed by atoms with van der Waals surface area (Å²) >= 11 is 6.18. The highest BCUT2D eigenvalue weighted by atomic mass is 35.5. The number of likely N-dealkylation sites (tertiary alicyclic amines) is 1. The van der Waals surface area contributed by atoms with Gasteiger partial charge in [-0.15, -0.1) is 0 Å². The highest BCUT2D eigenvalue weighted by molar-refractivity contribution is 6.33. The van der Waals surface area contributed by atoms with E-state index in [0.29, 0.717) is 19.7 Å². The van der Waals surface area contributed by atoms with E-state index in [9.17, 15) is 9.18 Å². The third-order valence-corrected chi connectivity index (χ3v) is 8.38. The van der Waals surface area contributed by atoms with Crippen molar-refractivity contribution in [2.45, 2.75) is 38.0 Å². The Hall–Kier alpha value is -3.44. The minimum atomic E-state index is -0.582. The summed E-state index contributed by atoms with van der Waals surface area (Å²) in [7, 11) is 0. The smallest absolute Gasteiger partial charge is 0.258 e. The fourth-order valence-corrected chi connectivity index (χ4v) is 6.62. The first-order valence-electron chi connectivity index (χ1n) is 13.3. The van der Waals surface area contributed by atoms with Crippen molar-refractivity contribution in [1.82, 2.24) is 31.2 Å². The van der Waals surface area contributed by atoms with Gasteiger partial charge in [-0.05, 0) is 50.1 Å². The van der Waals surface area contributed by atoms with Crippen molar-refractivity contribution in [1.29, 1.82) is 0 Å². The molecule has 0 radical (unpaired) electrons. The summed E-state index contributed by atoms with van der Waals surface area (Å²) in [6.45, 7) is 4.32. The Labute approximate surface area is 230 Å². The SMILES string of the molecule is CCOC1=CN2NC3NNCC3=C2C(c2ccc(N3C4CCC3CN(C(=O)c3c(F)cccc3Cl)C4)nc2)=C1. The fraction of sp³-hybridized carbons (Fsp3) is 0.357. The van der Waals surface area contributed by atoms with Gasteiger partial charge in [0.2, 0.25) is 0 Å². The van der Waals surface area contributed by atoms with Gasteiger partial charge in [0.25, 0.3) is 5.91 Å². The minimum Gasteiger partial charge on any atom is -0.492 e. The molecule has 3 unspecified atom stereocenters. The molecule has 5 aliphatic heterocycles. The van der Waals surface area contributed by atoms with Crippen LogP contribution in [0.5, 0.6) is 0 Å². The van der Waals surface area contributed by atoms with Gasteiger partial charge in [-0.2, -0.15) is 0 Å². The van der Waals surface area contributed by atoms with Crippen LogP contribution in [0.4, 0.5) is 10.2 Å². The van der Waals surface area contributed by atoms with Crippen LogP contribution in [0.2, 0.25) is 5.02 Å². The first kappa shape index (κ1) is 24.6. The molecule has 2 bridgehead atoms. The molecule has 0 aliphatic carbocycles. The van der Waals surface area contributed by atoms with Crippen molar-refractivity contribution in [2.24, 2.45) is 0 Å². The van der Waals surface area contributed by atoms with Crippen molar-refractivity contribution >= 4 is 28.9 Å². The van der Waals surface area contributed by atoms with E-state index in [1.165, 1.54) is 17.7 Å². The van der Waals surface area contributed by atoms with Crippen molar-refractivity contribution in [3.8, 4) is 0 Å². The molecular weight excluding hydrogens is 521 g/mol. The lowest BCUT2D eigenvalue weighted by Crippen LogP contribution is -2.55. The van der Waals surface area contributed by atoms with E-state index in [1.54, 1.807) is 11.0 Å². The molecule has 0 spiro atoms. The van der Waals surface area contributed by atoms with E-state index in [1.807, 2.05) is 24.3 Å². The van der Waals surface area contributed by atoms with Crippen molar-refractivity contribution < 1.29 is 13.9 Å². The molecule has 3 atom stereocenters. The average molecular weight is 550 g/mol. The topological polar surface area (TPSA) is 85.0 Å². The molecule has 3 saturated heterocycles. The van der Waals surface area contributed by atoms with Crippen LogP contribution in [0.3, 0.4) is 0 Å². The predicted molar refractivity (Wildman–Crippen MR) is 145 cm³/mol. The first-order chi connectivity index (χ1) is 19.0. The number of hydrogen-bond acceptors (Lipinski definition) is 8. The molecule has 1 aromatic heterocycles. The molecule has 39 heavy (non-hydrogen) atoms. The van der Waals surface area contributed by atoms with Crippen LogP contribution in [-0.2, 0) is 4.74 Å². The Bertz CT molecular complexity index is 1390. The third-order valence-electron chi connectivity index (χ3n) is 8.07. The number of anilines is 1. The quantitative estimate of drug-likeness (QED) is 0.525. The lowest BCUT2D eigenvalue weighted by atomic mass is 9.97. The molecular formula is C28H29ClFN7O2. The molecule has 11 heteroatoms. The zero-order valence-electron chi connectivity index (χ0n) is 21.5. The second kappa shape index (κ2) is 9.63. The van der Waals surface area contributed by atoms with Crippen LogP contribution < -0.4 is 21.2 Å². The fourth-order valence-electron chi connectivity index (χ4n) is 6.37.